The zero-order valence-electron chi connectivity index (χ0n) is 12.1. The summed E-state index contributed by atoms with van der Waals surface area (Å²) in [5.41, 5.74) is 3.13. The molecule has 3 aliphatic rings. The van der Waals surface area contributed by atoms with Gasteiger partial charge < -0.3 is 4.90 Å². The summed E-state index contributed by atoms with van der Waals surface area (Å²) in [5.74, 6) is 0.233. The molecule has 3 nitrogen and oxygen atoms in total. The second-order valence-electron chi connectivity index (χ2n) is 6.42. The Morgan fingerprint density at radius 3 is 2.05 bits per heavy atom. The molecule has 2 unspecified atom stereocenters. The van der Waals surface area contributed by atoms with Gasteiger partial charge in [0, 0.05) is 38.1 Å². The highest BCUT2D eigenvalue weighted by Gasteiger charge is 2.46. The van der Waals surface area contributed by atoms with Crippen molar-refractivity contribution < 1.29 is 4.79 Å². The van der Waals surface area contributed by atoms with E-state index in [0.29, 0.717) is 18.1 Å². The Morgan fingerprint density at radius 1 is 1.00 bits per heavy atom. The fraction of sp³-hybridized carbons (Fsp3) is 0.588. The number of nitrogens with zero attached hydrogens (tertiary/aromatic N) is 2. The third-order valence-corrected chi connectivity index (χ3v) is 5.48. The maximum absolute atomic E-state index is 11.5. The molecule has 0 spiro atoms. The lowest BCUT2D eigenvalue weighted by Crippen LogP contribution is -2.45. The molecule has 1 aromatic carbocycles. The van der Waals surface area contributed by atoms with Crippen molar-refractivity contribution in [3.05, 3.63) is 35.4 Å². The van der Waals surface area contributed by atoms with Crippen LogP contribution in [0.1, 0.15) is 55.8 Å². The monoisotopic (exact) mass is 270 g/mol. The standard InChI is InChI=1S/C17H22N2O/c1-12(20)18-10-8-13(9-11-18)19-16-6-7-17(19)15-5-3-2-4-14(15)16/h2-5,13,16-17H,6-11H2,1H3. The van der Waals surface area contributed by atoms with Crippen molar-refractivity contribution in [3.63, 3.8) is 0 Å². The summed E-state index contributed by atoms with van der Waals surface area (Å²) in [7, 11) is 0. The van der Waals surface area contributed by atoms with Crippen LogP contribution in [0, 0.1) is 0 Å². The smallest absolute Gasteiger partial charge is 0.219 e. The maximum atomic E-state index is 11.5. The van der Waals surface area contributed by atoms with Gasteiger partial charge in [0.15, 0.2) is 0 Å². The first-order valence-electron chi connectivity index (χ1n) is 7.87. The van der Waals surface area contributed by atoms with Gasteiger partial charge in [0.05, 0.1) is 0 Å². The van der Waals surface area contributed by atoms with Gasteiger partial charge in [-0.1, -0.05) is 24.3 Å². The number of amides is 1. The van der Waals surface area contributed by atoms with E-state index in [1.54, 1.807) is 18.1 Å². The van der Waals surface area contributed by atoms with E-state index in [4.69, 9.17) is 0 Å². The molecule has 3 aliphatic heterocycles. The average Bonchev–Trinajstić information content (AvgIpc) is 3.04. The summed E-state index contributed by atoms with van der Waals surface area (Å²) >= 11 is 0. The fourth-order valence-corrected chi connectivity index (χ4v) is 4.57. The highest BCUT2D eigenvalue weighted by molar-refractivity contribution is 5.73. The minimum atomic E-state index is 0.233. The largest absolute Gasteiger partial charge is 0.343 e. The van der Waals surface area contributed by atoms with Crippen LogP contribution in [0.3, 0.4) is 0 Å². The van der Waals surface area contributed by atoms with Crippen LogP contribution >= 0.6 is 0 Å². The van der Waals surface area contributed by atoms with Gasteiger partial charge in [0.2, 0.25) is 5.91 Å². The molecule has 2 atom stereocenters. The quantitative estimate of drug-likeness (QED) is 0.783. The van der Waals surface area contributed by atoms with Gasteiger partial charge >= 0.3 is 0 Å². The molecule has 1 aromatic rings. The minimum Gasteiger partial charge on any atom is -0.343 e. The van der Waals surface area contributed by atoms with E-state index in [0.717, 1.165) is 25.9 Å². The SMILES string of the molecule is CC(=O)N1CCC(N2C3CCC2c2ccccc23)CC1. The van der Waals surface area contributed by atoms with E-state index in [9.17, 15) is 4.79 Å². The van der Waals surface area contributed by atoms with Gasteiger partial charge in [0.25, 0.3) is 0 Å². The Kier molecular flexibility index (Phi) is 2.84. The van der Waals surface area contributed by atoms with Crippen molar-refractivity contribution in [2.75, 3.05) is 13.1 Å². The summed E-state index contributed by atoms with van der Waals surface area (Å²) < 4.78 is 0. The van der Waals surface area contributed by atoms with E-state index in [2.05, 4.69) is 29.2 Å². The molecule has 0 N–H and O–H groups in total. The summed E-state index contributed by atoms with van der Waals surface area (Å²) in [6.07, 6.45) is 4.91. The summed E-state index contributed by atoms with van der Waals surface area (Å²) in [6.45, 7) is 3.56. The molecule has 3 heterocycles. The van der Waals surface area contributed by atoms with Gasteiger partial charge in [0.1, 0.15) is 0 Å². The number of hydrogen-bond acceptors (Lipinski definition) is 2. The Bertz CT molecular complexity index is 503. The Balaban J connectivity index is 1.54. The van der Waals surface area contributed by atoms with Crippen molar-refractivity contribution >= 4 is 5.91 Å². The molecular formula is C17H22N2O. The molecule has 106 valence electrons. The zero-order valence-corrected chi connectivity index (χ0v) is 12.1. The van der Waals surface area contributed by atoms with E-state index in [-0.39, 0.29) is 5.91 Å². The van der Waals surface area contributed by atoms with E-state index < -0.39 is 0 Å². The van der Waals surface area contributed by atoms with Crippen LogP contribution in [0.15, 0.2) is 24.3 Å². The first kappa shape index (κ1) is 12.4. The van der Waals surface area contributed by atoms with Crippen LogP contribution in [-0.4, -0.2) is 34.8 Å². The predicted octanol–water partition coefficient (Wildman–Crippen LogP) is 2.89. The number of carbonyl (C=O) groups excluding carboxylic acids is 1. The third kappa shape index (κ3) is 1.72. The Labute approximate surface area is 120 Å². The van der Waals surface area contributed by atoms with Crippen molar-refractivity contribution in [2.24, 2.45) is 0 Å². The molecular weight excluding hydrogens is 248 g/mol. The van der Waals surface area contributed by atoms with Crippen LogP contribution in [0.2, 0.25) is 0 Å². The predicted molar refractivity (Wildman–Crippen MR) is 78.3 cm³/mol. The van der Waals surface area contributed by atoms with Crippen molar-refractivity contribution in [1.29, 1.82) is 0 Å². The van der Waals surface area contributed by atoms with Crippen LogP contribution in [0.25, 0.3) is 0 Å². The summed E-state index contributed by atoms with van der Waals surface area (Å²) in [5, 5.41) is 0. The molecule has 2 bridgehead atoms. The Hall–Kier alpha value is -1.35. The average molecular weight is 270 g/mol. The second-order valence-corrected chi connectivity index (χ2v) is 6.42. The highest BCUT2D eigenvalue weighted by Crippen LogP contribution is 2.54. The van der Waals surface area contributed by atoms with Gasteiger partial charge in [-0.25, -0.2) is 0 Å². The molecule has 1 amide bonds. The molecule has 2 saturated heterocycles. The molecule has 0 aromatic heterocycles. The zero-order chi connectivity index (χ0) is 13.7. The first-order chi connectivity index (χ1) is 9.75. The lowest BCUT2D eigenvalue weighted by atomic mass is 9.92. The van der Waals surface area contributed by atoms with Crippen molar-refractivity contribution in [3.8, 4) is 0 Å². The number of fused-ring (bicyclic) bond motifs is 5. The van der Waals surface area contributed by atoms with Crippen LogP contribution in [0.4, 0.5) is 0 Å². The lowest BCUT2D eigenvalue weighted by Gasteiger charge is -2.38. The third-order valence-electron chi connectivity index (χ3n) is 5.48. The highest BCUT2D eigenvalue weighted by atomic mass is 16.2. The number of piperidine rings is 1. The van der Waals surface area contributed by atoms with Gasteiger partial charge in [-0.05, 0) is 36.8 Å². The van der Waals surface area contributed by atoms with Crippen LogP contribution in [-0.2, 0) is 4.79 Å². The van der Waals surface area contributed by atoms with Crippen LogP contribution in [0.5, 0.6) is 0 Å². The number of hydrogen-bond donors (Lipinski definition) is 0. The normalized spacial score (nSPS) is 29.8. The molecule has 0 radical (unpaired) electrons. The molecule has 20 heavy (non-hydrogen) atoms. The Morgan fingerprint density at radius 2 is 1.55 bits per heavy atom. The number of likely N-dealkylation sites (tertiary alicyclic amines) is 1. The second kappa shape index (κ2) is 4.59. The number of carbonyl (C=O) groups is 1. The van der Waals surface area contributed by atoms with E-state index in [1.807, 2.05) is 4.90 Å². The topological polar surface area (TPSA) is 23.6 Å². The van der Waals surface area contributed by atoms with Gasteiger partial charge in [-0.15, -0.1) is 0 Å². The molecule has 3 heteroatoms. The van der Waals surface area contributed by atoms with Crippen LogP contribution < -0.4 is 0 Å². The lowest BCUT2D eigenvalue weighted by molar-refractivity contribution is -0.130. The molecule has 0 saturated carbocycles. The number of benzene rings is 1. The van der Waals surface area contributed by atoms with Crippen molar-refractivity contribution in [2.45, 2.75) is 50.7 Å². The molecule has 0 aliphatic carbocycles. The minimum absolute atomic E-state index is 0.233. The summed E-state index contributed by atoms with van der Waals surface area (Å²) in [6, 6.07) is 10.9. The summed E-state index contributed by atoms with van der Waals surface area (Å²) in [4.78, 5) is 16.2. The van der Waals surface area contributed by atoms with Gasteiger partial charge in [-0.3, -0.25) is 9.69 Å². The molecule has 4 rings (SSSR count). The van der Waals surface area contributed by atoms with E-state index in [1.165, 1.54) is 12.8 Å². The van der Waals surface area contributed by atoms with Gasteiger partial charge in [-0.2, -0.15) is 0 Å². The first-order valence-corrected chi connectivity index (χ1v) is 7.87. The fourth-order valence-electron chi connectivity index (χ4n) is 4.57. The number of rotatable bonds is 1. The van der Waals surface area contributed by atoms with Crippen molar-refractivity contribution in [1.82, 2.24) is 9.80 Å². The van der Waals surface area contributed by atoms with E-state index >= 15 is 0 Å². The maximum Gasteiger partial charge on any atom is 0.219 e. The molecule has 2 fully saturated rings.